The topological polar surface area (TPSA) is 29.9 Å². The molecule has 108 valence electrons. The molecule has 3 nitrogen and oxygen atoms in total. The summed E-state index contributed by atoms with van der Waals surface area (Å²) in [6.45, 7) is 7.61. The Balaban J connectivity index is 1.80. The molecule has 1 aliphatic carbocycles. The zero-order valence-electron chi connectivity index (χ0n) is 12.8. The summed E-state index contributed by atoms with van der Waals surface area (Å²) in [5.41, 5.74) is 3.79. The number of imidazole rings is 1. The van der Waals surface area contributed by atoms with Crippen LogP contribution >= 0.6 is 0 Å². The molecule has 1 fully saturated rings. The molecule has 3 rings (SSSR count). The van der Waals surface area contributed by atoms with Gasteiger partial charge in [0.15, 0.2) is 0 Å². The van der Waals surface area contributed by atoms with Crippen LogP contribution in [0.25, 0.3) is 11.0 Å². The summed E-state index contributed by atoms with van der Waals surface area (Å²) in [6.07, 6.45) is 4.87. The first kappa shape index (κ1) is 13.6. The molecule has 1 heterocycles. The second-order valence-corrected chi connectivity index (χ2v) is 6.33. The maximum Gasteiger partial charge on any atom is 0.110 e. The van der Waals surface area contributed by atoms with E-state index in [2.05, 4.69) is 48.9 Å². The van der Waals surface area contributed by atoms with E-state index in [-0.39, 0.29) is 0 Å². The Morgan fingerprint density at radius 3 is 2.85 bits per heavy atom. The molecule has 0 bridgehead atoms. The van der Waals surface area contributed by atoms with Gasteiger partial charge in [-0.05, 0) is 50.4 Å². The Hall–Kier alpha value is -1.35. The molecule has 20 heavy (non-hydrogen) atoms. The SMILES string of the molecule is Cc1ccc2c(c1)nc(CCCNC(C)C)n2C1CC1. The standard InChI is InChI=1S/C17H25N3/c1-12(2)18-10-4-5-17-19-15-11-13(3)6-9-16(15)20(17)14-7-8-14/h6,9,11-12,14,18H,4-5,7-8,10H2,1-3H3. The number of rotatable bonds is 6. The molecule has 1 saturated carbocycles. The van der Waals surface area contributed by atoms with Gasteiger partial charge in [0.25, 0.3) is 0 Å². The van der Waals surface area contributed by atoms with Gasteiger partial charge in [-0.3, -0.25) is 0 Å². The third-order valence-corrected chi connectivity index (χ3v) is 3.96. The van der Waals surface area contributed by atoms with Gasteiger partial charge in [0.2, 0.25) is 0 Å². The largest absolute Gasteiger partial charge is 0.325 e. The summed E-state index contributed by atoms with van der Waals surface area (Å²) in [6, 6.07) is 7.93. The molecule has 0 saturated heterocycles. The highest BCUT2D eigenvalue weighted by atomic mass is 15.1. The average Bonchev–Trinajstić information content (AvgIpc) is 3.16. The lowest BCUT2D eigenvalue weighted by molar-refractivity contribution is 0.559. The van der Waals surface area contributed by atoms with Crippen molar-refractivity contribution in [2.75, 3.05) is 6.54 Å². The fraction of sp³-hybridized carbons (Fsp3) is 0.588. The number of hydrogen-bond donors (Lipinski definition) is 1. The van der Waals surface area contributed by atoms with Crippen LogP contribution in [0.4, 0.5) is 0 Å². The van der Waals surface area contributed by atoms with Crippen molar-refractivity contribution in [3.8, 4) is 0 Å². The van der Waals surface area contributed by atoms with Gasteiger partial charge < -0.3 is 9.88 Å². The molecule has 0 atom stereocenters. The van der Waals surface area contributed by atoms with Gasteiger partial charge in [0.05, 0.1) is 11.0 Å². The monoisotopic (exact) mass is 271 g/mol. The number of nitrogens with zero attached hydrogens (tertiary/aromatic N) is 2. The lowest BCUT2D eigenvalue weighted by Gasteiger charge is -2.09. The molecular weight excluding hydrogens is 246 g/mol. The van der Waals surface area contributed by atoms with Crippen LogP contribution in [0.2, 0.25) is 0 Å². The number of fused-ring (bicyclic) bond motifs is 1. The van der Waals surface area contributed by atoms with E-state index < -0.39 is 0 Å². The first-order valence-electron chi connectivity index (χ1n) is 7.86. The number of aryl methyl sites for hydroxylation is 2. The summed E-state index contributed by atoms with van der Waals surface area (Å²) >= 11 is 0. The fourth-order valence-electron chi connectivity index (χ4n) is 2.81. The molecule has 1 aromatic heterocycles. The van der Waals surface area contributed by atoms with Gasteiger partial charge in [0, 0.05) is 18.5 Å². The molecule has 0 aliphatic heterocycles. The van der Waals surface area contributed by atoms with Crippen molar-refractivity contribution in [3.63, 3.8) is 0 Å². The molecule has 0 amide bonds. The van der Waals surface area contributed by atoms with Crippen LogP contribution in [-0.2, 0) is 6.42 Å². The van der Waals surface area contributed by atoms with Crippen molar-refractivity contribution in [3.05, 3.63) is 29.6 Å². The normalized spacial score (nSPS) is 15.4. The molecule has 0 radical (unpaired) electrons. The molecule has 1 aromatic carbocycles. The highest BCUT2D eigenvalue weighted by molar-refractivity contribution is 5.77. The minimum Gasteiger partial charge on any atom is -0.325 e. The van der Waals surface area contributed by atoms with Crippen LogP contribution in [0, 0.1) is 6.92 Å². The van der Waals surface area contributed by atoms with Crippen molar-refractivity contribution < 1.29 is 0 Å². The van der Waals surface area contributed by atoms with Crippen LogP contribution in [0.5, 0.6) is 0 Å². The maximum atomic E-state index is 4.89. The summed E-state index contributed by atoms with van der Waals surface area (Å²) < 4.78 is 2.49. The Bertz CT molecular complexity index is 594. The summed E-state index contributed by atoms with van der Waals surface area (Å²) in [5, 5.41) is 3.49. The maximum absolute atomic E-state index is 4.89. The van der Waals surface area contributed by atoms with E-state index in [0.717, 1.165) is 19.4 Å². The number of hydrogen-bond acceptors (Lipinski definition) is 2. The summed E-state index contributed by atoms with van der Waals surface area (Å²) in [4.78, 5) is 4.89. The van der Waals surface area contributed by atoms with E-state index in [1.807, 2.05) is 0 Å². The molecule has 3 heteroatoms. The van der Waals surface area contributed by atoms with Gasteiger partial charge in [-0.1, -0.05) is 19.9 Å². The third-order valence-electron chi connectivity index (χ3n) is 3.96. The molecule has 0 spiro atoms. The van der Waals surface area contributed by atoms with Crippen molar-refractivity contribution in [2.24, 2.45) is 0 Å². The van der Waals surface area contributed by atoms with Gasteiger partial charge in [-0.15, -0.1) is 0 Å². The van der Waals surface area contributed by atoms with Crippen molar-refractivity contribution in [1.82, 2.24) is 14.9 Å². The average molecular weight is 271 g/mol. The summed E-state index contributed by atoms with van der Waals surface area (Å²) in [5.74, 6) is 1.28. The number of benzene rings is 1. The van der Waals surface area contributed by atoms with E-state index >= 15 is 0 Å². The molecule has 2 aromatic rings. The van der Waals surface area contributed by atoms with Gasteiger partial charge in [-0.2, -0.15) is 0 Å². The second kappa shape index (κ2) is 5.57. The fourth-order valence-corrected chi connectivity index (χ4v) is 2.81. The van der Waals surface area contributed by atoms with Crippen molar-refractivity contribution in [2.45, 2.75) is 58.5 Å². The van der Waals surface area contributed by atoms with Gasteiger partial charge >= 0.3 is 0 Å². The van der Waals surface area contributed by atoms with E-state index in [0.29, 0.717) is 12.1 Å². The van der Waals surface area contributed by atoms with Crippen molar-refractivity contribution in [1.29, 1.82) is 0 Å². The Morgan fingerprint density at radius 2 is 2.15 bits per heavy atom. The Labute approximate surface area is 121 Å². The predicted octanol–water partition coefficient (Wildman–Crippen LogP) is 3.61. The van der Waals surface area contributed by atoms with E-state index in [1.165, 1.54) is 35.3 Å². The van der Waals surface area contributed by atoms with Crippen LogP contribution in [0.1, 0.15) is 50.5 Å². The quantitative estimate of drug-likeness (QED) is 0.813. The Kier molecular flexibility index (Phi) is 3.79. The minimum atomic E-state index is 0.569. The highest BCUT2D eigenvalue weighted by Crippen LogP contribution is 2.39. The van der Waals surface area contributed by atoms with Crippen LogP contribution < -0.4 is 5.32 Å². The minimum absolute atomic E-state index is 0.569. The van der Waals surface area contributed by atoms with Crippen LogP contribution in [0.3, 0.4) is 0 Å². The molecule has 1 N–H and O–H groups in total. The summed E-state index contributed by atoms with van der Waals surface area (Å²) in [7, 11) is 0. The molecular formula is C17H25N3. The lowest BCUT2D eigenvalue weighted by Crippen LogP contribution is -2.24. The predicted molar refractivity (Wildman–Crippen MR) is 84.2 cm³/mol. The smallest absolute Gasteiger partial charge is 0.110 e. The van der Waals surface area contributed by atoms with E-state index in [4.69, 9.17) is 4.98 Å². The zero-order chi connectivity index (χ0) is 14.1. The van der Waals surface area contributed by atoms with E-state index in [1.54, 1.807) is 0 Å². The first-order chi connectivity index (χ1) is 9.65. The zero-order valence-corrected chi connectivity index (χ0v) is 12.8. The highest BCUT2D eigenvalue weighted by Gasteiger charge is 2.27. The van der Waals surface area contributed by atoms with Crippen LogP contribution in [-0.4, -0.2) is 22.1 Å². The third kappa shape index (κ3) is 2.88. The van der Waals surface area contributed by atoms with E-state index in [9.17, 15) is 0 Å². The molecule has 0 unspecified atom stereocenters. The lowest BCUT2D eigenvalue weighted by atomic mass is 10.2. The number of nitrogens with one attached hydrogen (secondary N) is 1. The first-order valence-corrected chi connectivity index (χ1v) is 7.86. The van der Waals surface area contributed by atoms with Crippen molar-refractivity contribution >= 4 is 11.0 Å². The van der Waals surface area contributed by atoms with Gasteiger partial charge in [0.1, 0.15) is 5.82 Å². The number of aromatic nitrogens is 2. The molecule has 1 aliphatic rings. The Morgan fingerprint density at radius 1 is 1.35 bits per heavy atom. The van der Waals surface area contributed by atoms with Gasteiger partial charge in [-0.25, -0.2) is 4.98 Å². The van der Waals surface area contributed by atoms with Crippen LogP contribution in [0.15, 0.2) is 18.2 Å². The second-order valence-electron chi connectivity index (χ2n) is 6.33.